The number of aromatic carboxylic acids is 1. The zero-order chi connectivity index (χ0) is 15.0. The lowest BCUT2D eigenvalue weighted by molar-refractivity contribution is -0.118. The Hall–Kier alpha value is -1.59. The number of carbonyl (C=O) groups is 2. The van der Waals surface area contributed by atoms with Crippen molar-refractivity contribution in [3.63, 3.8) is 0 Å². The third-order valence-corrected chi connectivity index (χ3v) is 4.73. The summed E-state index contributed by atoms with van der Waals surface area (Å²) in [7, 11) is 0. The summed E-state index contributed by atoms with van der Waals surface area (Å²) in [6.07, 6.45) is 3.38. The largest absolute Gasteiger partial charge is 0.478 e. The summed E-state index contributed by atoms with van der Waals surface area (Å²) in [5.41, 5.74) is 0.303. The van der Waals surface area contributed by atoms with Crippen LogP contribution in [0.3, 0.4) is 0 Å². The average molecular weight is 309 g/mol. The van der Waals surface area contributed by atoms with Gasteiger partial charge in [0.05, 0.1) is 17.3 Å². The van der Waals surface area contributed by atoms with Crippen LogP contribution in [0, 0.1) is 11.8 Å². The van der Waals surface area contributed by atoms with Crippen molar-refractivity contribution in [1.29, 1.82) is 0 Å². The van der Waals surface area contributed by atoms with Gasteiger partial charge in [-0.15, -0.1) is 0 Å². The molecule has 3 unspecified atom stereocenters. The van der Waals surface area contributed by atoms with Crippen molar-refractivity contribution in [2.45, 2.75) is 25.3 Å². The first-order valence-electron chi connectivity index (χ1n) is 7.13. The number of rotatable bonds is 3. The normalized spacial score (nSPS) is 27.4. The standard InChI is InChI=1S/C15H17ClN2O3/c16-9-4-5-11(15(20)21)12(6-9)18-14(19)13-10-3-1-2-8(10)7-17-13/h4-6,8,10,13,17H,1-3,7H2,(H,18,19)(H,20,21). The molecule has 21 heavy (non-hydrogen) atoms. The van der Waals surface area contributed by atoms with Crippen molar-refractivity contribution in [3.05, 3.63) is 28.8 Å². The highest BCUT2D eigenvalue weighted by molar-refractivity contribution is 6.31. The topological polar surface area (TPSA) is 78.4 Å². The van der Waals surface area contributed by atoms with Gasteiger partial charge < -0.3 is 15.7 Å². The van der Waals surface area contributed by atoms with Gasteiger partial charge in [0.15, 0.2) is 0 Å². The summed E-state index contributed by atoms with van der Waals surface area (Å²) in [6.45, 7) is 0.865. The molecule has 0 aromatic heterocycles. The molecule has 2 aliphatic rings. The van der Waals surface area contributed by atoms with Crippen LogP contribution < -0.4 is 10.6 Å². The van der Waals surface area contributed by atoms with E-state index in [-0.39, 0.29) is 23.2 Å². The van der Waals surface area contributed by atoms with E-state index in [2.05, 4.69) is 10.6 Å². The maximum absolute atomic E-state index is 12.4. The fourth-order valence-electron chi connectivity index (χ4n) is 3.49. The fourth-order valence-corrected chi connectivity index (χ4v) is 3.66. The summed E-state index contributed by atoms with van der Waals surface area (Å²) < 4.78 is 0. The zero-order valence-electron chi connectivity index (χ0n) is 11.4. The second-order valence-corrected chi connectivity index (χ2v) is 6.16. The van der Waals surface area contributed by atoms with Crippen LogP contribution in [0.4, 0.5) is 5.69 Å². The second kappa shape index (κ2) is 5.66. The van der Waals surface area contributed by atoms with Crippen molar-refractivity contribution in [1.82, 2.24) is 5.32 Å². The third kappa shape index (κ3) is 2.76. The van der Waals surface area contributed by atoms with E-state index in [0.29, 0.717) is 16.9 Å². The number of carbonyl (C=O) groups excluding carboxylic acids is 1. The maximum atomic E-state index is 12.4. The molecule has 1 heterocycles. The van der Waals surface area contributed by atoms with E-state index in [4.69, 9.17) is 11.6 Å². The van der Waals surface area contributed by atoms with E-state index in [1.165, 1.54) is 31.0 Å². The molecule has 3 atom stereocenters. The molecule has 1 amide bonds. The Morgan fingerprint density at radius 3 is 2.90 bits per heavy atom. The average Bonchev–Trinajstić information content (AvgIpc) is 3.00. The summed E-state index contributed by atoms with van der Waals surface area (Å²) in [5, 5.41) is 15.5. The Balaban J connectivity index is 1.78. The summed E-state index contributed by atoms with van der Waals surface area (Å²) in [5.74, 6) is -0.328. The molecule has 1 aromatic carbocycles. The van der Waals surface area contributed by atoms with Crippen LogP contribution in [0.2, 0.25) is 5.02 Å². The van der Waals surface area contributed by atoms with Crippen LogP contribution in [0.25, 0.3) is 0 Å². The predicted molar refractivity (Wildman–Crippen MR) is 79.7 cm³/mol. The number of hydrogen-bond acceptors (Lipinski definition) is 3. The van der Waals surface area contributed by atoms with Gasteiger partial charge in [0.25, 0.3) is 0 Å². The number of amides is 1. The Bertz CT molecular complexity index is 590. The SMILES string of the molecule is O=C(O)c1ccc(Cl)cc1NC(=O)C1NCC2CCCC21. The lowest BCUT2D eigenvalue weighted by Gasteiger charge is -2.18. The molecule has 5 nitrogen and oxygen atoms in total. The molecule has 1 aliphatic heterocycles. The van der Waals surface area contributed by atoms with E-state index in [9.17, 15) is 14.7 Å². The van der Waals surface area contributed by atoms with E-state index in [1.807, 2.05) is 0 Å². The molecule has 0 bridgehead atoms. The van der Waals surface area contributed by atoms with Gasteiger partial charge in [-0.25, -0.2) is 4.79 Å². The monoisotopic (exact) mass is 308 g/mol. The molecule has 1 saturated carbocycles. The minimum Gasteiger partial charge on any atom is -0.478 e. The van der Waals surface area contributed by atoms with Gasteiger partial charge in [0.2, 0.25) is 5.91 Å². The van der Waals surface area contributed by atoms with Gasteiger partial charge in [0, 0.05) is 5.02 Å². The van der Waals surface area contributed by atoms with Crippen LogP contribution >= 0.6 is 11.6 Å². The molecule has 3 rings (SSSR count). The molecule has 3 N–H and O–H groups in total. The molecule has 0 spiro atoms. The van der Waals surface area contributed by atoms with E-state index in [1.54, 1.807) is 0 Å². The highest BCUT2D eigenvalue weighted by Crippen LogP contribution is 2.38. The highest BCUT2D eigenvalue weighted by Gasteiger charge is 2.42. The Kier molecular flexibility index (Phi) is 3.87. The van der Waals surface area contributed by atoms with Crippen LogP contribution in [0.5, 0.6) is 0 Å². The second-order valence-electron chi connectivity index (χ2n) is 5.73. The zero-order valence-corrected chi connectivity index (χ0v) is 12.2. The van der Waals surface area contributed by atoms with Crippen molar-refractivity contribution in [3.8, 4) is 0 Å². The van der Waals surface area contributed by atoms with Gasteiger partial charge in [-0.3, -0.25) is 4.79 Å². The van der Waals surface area contributed by atoms with Crippen LogP contribution in [-0.4, -0.2) is 29.6 Å². The molecule has 1 saturated heterocycles. The van der Waals surface area contributed by atoms with E-state index >= 15 is 0 Å². The number of benzene rings is 1. The Labute approximate surface area is 127 Å². The molecule has 1 aromatic rings. The summed E-state index contributed by atoms with van der Waals surface area (Å²) in [6, 6.07) is 4.14. The van der Waals surface area contributed by atoms with Crippen molar-refractivity contribution >= 4 is 29.2 Å². The molecule has 1 aliphatic carbocycles. The van der Waals surface area contributed by atoms with Gasteiger partial charge in [-0.05, 0) is 49.4 Å². The van der Waals surface area contributed by atoms with Crippen molar-refractivity contribution in [2.24, 2.45) is 11.8 Å². The number of anilines is 1. The smallest absolute Gasteiger partial charge is 0.337 e. The number of fused-ring (bicyclic) bond motifs is 1. The maximum Gasteiger partial charge on any atom is 0.337 e. The predicted octanol–water partition coefficient (Wildman–Crippen LogP) is 2.36. The molecule has 2 fully saturated rings. The molecule has 0 radical (unpaired) electrons. The molecular weight excluding hydrogens is 292 g/mol. The van der Waals surface area contributed by atoms with E-state index < -0.39 is 5.97 Å². The number of halogens is 1. The first kappa shape index (κ1) is 14.4. The van der Waals surface area contributed by atoms with Crippen LogP contribution in [0.15, 0.2) is 18.2 Å². The van der Waals surface area contributed by atoms with Gasteiger partial charge >= 0.3 is 5.97 Å². The lowest BCUT2D eigenvalue weighted by atomic mass is 9.93. The van der Waals surface area contributed by atoms with E-state index in [0.717, 1.165) is 13.0 Å². The third-order valence-electron chi connectivity index (χ3n) is 4.50. The first-order valence-corrected chi connectivity index (χ1v) is 7.51. The number of hydrogen-bond donors (Lipinski definition) is 3. The quantitative estimate of drug-likeness (QED) is 0.801. The van der Waals surface area contributed by atoms with Crippen molar-refractivity contribution in [2.75, 3.05) is 11.9 Å². The summed E-state index contributed by atoms with van der Waals surface area (Å²) >= 11 is 5.89. The molecule has 6 heteroatoms. The number of carboxylic acids is 1. The summed E-state index contributed by atoms with van der Waals surface area (Å²) in [4.78, 5) is 23.6. The van der Waals surface area contributed by atoms with Gasteiger partial charge in [0.1, 0.15) is 0 Å². The fraction of sp³-hybridized carbons (Fsp3) is 0.467. The number of nitrogens with one attached hydrogen (secondary N) is 2. The first-order chi connectivity index (χ1) is 10.1. The minimum absolute atomic E-state index is 0.0497. The molecule has 112 valence electrons. The van der Waals surface area contributed by atoms with Gasteiger partial charge in [-0.1, -0.05) is 18.0 Å². The van der Waals surface area contributed by atoms with Crippen molar-refractivity contribution < 1.29 is 14.7 Å². The van der Waals surface area contributed by atoms with Crippen LogP contribution in [0.1, 0.15) is 29.6 Å². The Morgan fingerprint density at radius 2 is 2.14 bits per heavy atom. The van der Waals surface area contributed by atoms with Gasteiger partial charge in [-0.2, -0.15) is 0 Å². The minimum atomic E-state index is -1.08. The van der Waals surface area contributed by atoms with Crippen LogP contribution in [-0.2, 0) is 4.79 Å². The lowest BCUT2D eigenvalue weighted by Crippen LogP contribution is -2.40. The highest BCUT2D eigenvalue weighted by atomic mass is 35.5. The number of carboxylic acid groups (broad SMARTS) is 1. The Morgan fingerprint density at radius 1 is 1.33 bits per heavy atom. The molecular formula is C15H17ClN2O3.